The summed E-state index contributed by atoms with van der Waals surface area (Å²) < 4.78 is 5.29. The molecule has 0 spiro atoms. The molecular formula is C23H30N2O3S. The Hall–Kier alpha value is -2.47. The summed E-state index contributed by atoms with van der Waals surface area (Å²) in [5, 5.41) is 2.91. The summed E-state index contributed by atoms with van der Waals surface area (Å²) in [6.45, 7) is 5.96. The average molecular weight is 415 g/mol. The van der Waals surface area contributed by atoms with E-state index in [2.05, 4.69) is 5.32 Å². The van der Waals surface area contributed by atoms with Crippen molar-refractivity contribution in [1.29, 1.82) is 0 Å². The number of benzene rings is 2. The third-order valence-electron chi connectivity index (χ3n) is 4.41. The molecule has 0 unspecified atom stereocenters. The molecule has 156 valence electrons. The lowest BCUT2D eigenvalue weighted by atomic mass is 10.1. The van der Waals surface area contributed by atoms with Gasteiger partial charge in [0.25, 0.3) is 0 Å². The fourth-order valence-electron chi connectivity index (χ4n) is 2.87. The first-order chi connectivity index (χ1) is 13.9. The normalized spacial score (nSPS) is 11.8. The van der Waals surface area contributed by atoms with E-state index in [9.17, 15) is 9.59 Å². The molecule has 2 rings (SSSR count). The molecule has 5 nitrogen and oxygen atoms in total. The van der Waals surface area contributed by atoms with Gasteiger partial charge in [-0.25, -0.2) is 0 Å². The lowest BCUT2D eigenvalue weighted by Crippen LogP contribution is -2.49. The molecule has 0 aliphatic heterocycles. The lowest BCUT2D eigenvalue weighted by molar-refractivity contribution is -0.140. The van der Waals surface area contributed by atoms with Crippen molar-refractivity contribution in [2.75, 3.05) is 12.9 Å². The first-order valence-corrected chi connectivity index (χ1v) is 10.8. The van der Waals surface area contributed by atoms with Gasteiger partial charge >= 0.3 is 0 Å². The number of carbonyl (C=O) groups excluding carboxylic acids is 2. The lowest BCUT2D eigenvalue weighted by Gasteiger charge is -2.29. The molecule has 0 fully saturated rings. The fraction of sp³-hybridized carbons (Fsp3) is 0.391. The van der Waals surface area contributed by atoms with Crippen molar-refractivity contribution in [1.82, 2.24) is 10.2 Å². The third kappa shape index (κ3) is 7.46. The summed E-state index contributed by atoms with van der Waals surface area (Å²) in [5.74, 6) is 1.21. The van der Waals surface area contributed by atoms with Gasteiger partial charge in [0.2, 0.25) is 11.8 Å². The van der Waals surface area contributed by atoms with Crippen LogP contribution in [0.25, 0.3) is 0 Å². The van der Waals surface area contributed by atoms with Crippen molar-refractivity contribution in [2.45, 2.75) is 50.7 Å². The van der Waals surface area contributed by atoms with Gasteiger partial charge in [-0.3, -0.25) is 9.59 Å². The average Bonchev–Trinajstić information content (AvgIpc) is 2.71. The quantitative estimate of drug-likeness (QED) is 0.594. The van der Waals surface area contributed by atoms with Crippen LogP contribution in [0.15, 0.2) is 59.5 Å². The second-order valence-electron chi connectivity index (χ2n) is 7.12. The van der Waals surface area contributed by atoms with Crippen LogP contribution in [0.3, 0.4) is 0 Å². The summed E-state index contributed by atoms with van der Waals surface area (Å²) >= 11 is 1.64. The number of thioether (sulfide) groups is 1. The monoisotopic (exact) mass is 414 g/mol. The number of amides is 2. The molecule has 0 aliphatic rings. The maximum atomic E-state index is 13.0. The van der Waals surface area contributed by atoms with Gasteiger partial charge in [0, 0.05) is 29.7 Å². The Kier molecular flexibility index (Phi) is 9.06. The zero-order valence-corrected chi connectivity index (χ0v) is 18.4. The van der Waals surface area contributed by atoms with E-state index in [1.165, 1.54) is 0 Å². The van der Waals surface area contributed by atoms with Crippen molar-refractivity contribution < 1.29 is 14.3 Å². The fourth-order valence-corrected chi connectivity index (χ4v) is 3.73. The summed E-state index contributed by atoms with van der Waals surface area (Å²) in [6, 6.07) is 17.0. The molecule has 2 aromatic carbocycles. The minimum Gasteiger partial charge on any atom is -0.497 e. The minimum atomic E-state index is -0.558. The number of methoxy groups -OCH3 is 1. The molecule has 0 radical (unpaired) electrons. The molecule has 0 aromatic heterocycles. The number of nitrogens with one attached hydrogen (secondary N) is 1. The van der Waals surface area contributed by atoms with Crippen LogP contribution in [0.2, 0.25) is 0 Å². The van der Waals surface area contributed by atoms with Crippen LogP contribution in [0.5, 0.6) is 5.75 Å². The van der Waals surface area contributed by atoms with Crippen molar-refractivity contribution in [3.05, 3.63) is 60.2 Å². The summed E-state index contributed by atoms with van der Waals surface area (Å²) in [5.41, 5.74) is 0.928. The predicted octanol–water partition coefficient (Wildman–Crippen LogP) is 4.12. The second-order valence-corrected chi connectivity index (χ2v) is 8.29. The van der Waals surface area contributed by atoms with Gasteiger partial charge < -0.3 is 15.0 Å². The maximum Gasteiger partial charge on any atom is 0.242 e. The Labute approximate surface area is 177 Å². The maximum absolute atomic E-state index is 13.0. The second kappa shape index (κ2) is 11.5. The van der Waals surface area contributed by atoms with Crippen molar-refractivity contribution in [2.24, 2.45) is 0 Å². The van der Waals surface area contributed by atoms with Crippen molar-refractivity contribution >= 4 is 23.6 Å². The van der Waals surface area contributed by atoms with Gasteiger partial charge in [-0.05, 0) is 50.6 Å². The van der Waals surface area contributed by atoms with E-state index in [1.54, 1.807) is 30.7 Å². The Balaban J connectivity index is 2.09. The molecule has 0 aliphatic carbocycles. The number of nitrogens with zero attached hydrogens (tertiary/aromatic N) is 1. The van der Waals surface area contributed by atoms with Crippen LogP contribution in [-0.4, -0.2) is 41.7 Å². The van der Waals surface area contributed by atoms with Crippen molar-refractivity contribution in [3.63, 3.8) is 0 Å². The van der Waals surface area contributed by atoms with Crippen LogP contribution in [0.4, 0.5) is 0 Å². The highest BCUT2D eigenvalue weighted by Gasteiger charge is 2.26. The number of hydrogen-bond acceptors (Lipinski definition) is 4. The topological polar surface area (TPSA) is 58.6 Å². The zero-order chi connectivity index (χ0) is 21.2. The first-order valence-electron chi connectivity index (χ1n) is 9.81. The van der Waals surface area contributed by atoms with Gasteiger partial charge in [0.05, 0.1) is 7.11 Å². The largest absolute Gasteiger partial charge is 0.497 e. The minimum absolute atomic E-state index is 0.0207. The molecule has 1 atom stereocenters. The van der Waals surface area contributed by atoms with Crippen LogP contribution < -0.4 is 10.1 Å². The summed E-state index contributed by atoms with van der Waals surface area (Å²) in [7, 11) is 1.61. The van der Waals surface area contributed by atoms with E-state index < -0.39 is 6.04 Å². The summed E-state index contributed by atoms with van der Waals surface area (Å²) in [4.78, 5) is 28.4. The van der Waals surface area contributed by atoms with E-state index in [0.717, 1.165) is 16.2 Å². The van der Waals surface area contributed by atoms with Gasteiger partial charge in [-0.15, -0.1) is 11.8 Å². The molecule has 0 bridgehead atoms. The Bertz CT molecular complexity index is 796. The van der Waals surface area contributed by atoms with E-state index in [-0.39, 0.29) is 17.9 Å². The van der Waals surface area contributed by atoms with Crippen LogP contribution >= 0.6 is 11.8 Å². The third-order valence-corrected chi connectivity index (χ3v) is 5.43. The number of rotatable bonds is 10. The molecular weight excluding hydrogens is 384 g/mol. The van der Waals surface area contributed by atoms with E-state index >= 15 is 0 Å². The van der Waals surface area contributed by atoms with Crippen LogP contribution in [-0.2, 0) is 16.1 Å². The predicted molar refractivity (Wildman–Crippen MR) is 118 cm³/mol. The highest BCUT2D eigenvalue weighted by molar-refractivity contribution is 7.99. The van der Waals surface area contributed by atoms with Crippen molar-refractivity contribution in [3.8, 4) is 5.75 Å². The molecule has 6 heteroatoms. The molecule has 1 N–H and O–H groups in total. The molecule has 2 amide bonds. The number of ether oxygens (including phenoxy) is 1. The van der Waals surface area contributed by atoms with Crippen LogP contribution in [0.1, 0.15) is 32.8 Å². The standard InChI is InChI=1S/C23H30N2O3S/c1-17(2)24-23(27)18(3)25(16-19-9-8-10-20(15-19)28-4)22(26)13-14-29-21-11-6-5-7-12-21/h5-12,15,17-18H,13-14,16H2,1-4H3,(H,24,27)/t18-/m0/s1. The smallest absolute Gasteiger partial charge is 0.242 e. The Morgan fingerprint density at radius 3 is 2.45 bits per heavy atom. The SMILES string of the molecule is COc1cccc(CN(C(=O)CCSc2ccccc2)[C@@H](C)C(=O)NC(C)C)c1. The van der Waals surface area contributed by atoms with E-state index in [1.807, 2.05) is 68.4 Å². The summed E-state index contributed by atoms with van der Waals surface area (Å²) in [6.07, 6.45) is 0.364. The van der Waals surface area contributed by atoms with Gasteiger partial charge in [0.1, 0.15) is 11.8 Å². The van der Waals surface area contributed by atoms with Gasteiger partial charge in [0.15, 0.2) is 0 Å². The number of hydrogen-bond donors (Lipinski definition) is 1. The van der Waals surface area contributed by atoms with E-state index in [0.29, 0.717) is 18.7 Å². The van der Waals surface area contributed by atoms with Gasteiger partial charge in [-0.2, -0.15) is 0 Å². The van der Waals surface area contributed by atoms with E-state index in [4.69, 9.17) is 4.74 Å². The van der Waals surface area contributed by atoms with Gasteiger partial charge in [-0.1, -0.05) is 30.3 Å². The first kappa shape index (κ1) is 22.8. The highest BCUT2D eigenvalue weighted by Crippen LogP contribution is 2.20. The molecule has 0 saturated carbocycles. The highest BCUT2D eigenvalue weighted by atomic mass is 32.2. The Morgan fingerprint density at radius 2 is 1.79 bits per heavy atom. The van der Waals surface area contributed by atoms with Crippen LogP contribution in [0, 0.1) is 0 Å². The molecule has 2 aromatic rings. The Morgan fingerprint density at radius 1 is 1.07 bits per heavy atom. The molecule has 0 heterocycles. The number of carbonyl (C=O) groups is 2. The molecule has 29 heavy (non-hydrogen) atoms. The molecule has 0 saturated heterocycles. The zero-order valence-electron chi connectivity index (χ0n) is 17.6.